The predicted molar refractivity (Wildman–Crippen MR) is 85.6 cm³/mol. The Balaban J connectivity index is 2.18. The third-order valence-corrected chi connectivity index (χ3v) is 3.43. The highest BCUT2D eigenvalue weighted by atomic mass is 79.9. The fourth-order valence-corrected chi connectivity index (χ4v) is 2.17. The Morgan fingerprint density at radius 3 is 2.80 bits per heavy atom. The van der Waals surface area contributed by atoms with Crippen molar-refractivity contribution in [3.63, 3.8) is 0 Å². The summed E-state index contributed by atoms with van der Waals surface area (Å²) in [6.45, 7) is 1.76. The molecule has 0 spiro atoms. The fourth-order valence-electron chi connectivity index (χ4n) is 1.69. The number of nitrogens with zero attached hydrogens (tertiary/aromatic N) is 2. The Labute approximate surface area is 130 Å². The molecule has 1 aromatic carbocycles. The number of amides is 1. The van der Waals surface area contributed by atoms with Crippen LogP contribution in [-0.2, 0) is 4.79 Å². The van der Waals surface area contributed by atoms with E-state index in [1.807, 2.05) is 12.1 Å². The molecule has 0 aliphatic carbocycles. The lowest BCUT2D eigenvalue weighted by Gasteiger charge is -2.14. The molecule has 0 radical (unpaired) electrons. The van der Waals surface area contributed by atoms with Crippen LogP contribution in [0.2, 0.25) is 0 Å². The number of para-hydroxylation sites is 1. The van der Waals surface area contributed by atoms with Crippen LogP contribution in [0.15, 0.2) is 41.1 Å². The summed E-state index contributed by atoms with van der Waals surface area (Å²) in [5.41, 5.74) is 6.88. The Bertz CT molecular complexity index is 655. The average Bonchev–Trinajstić information content (AvgIpc) is 2.84. The van der Waals surface area contributed by atoms with Gasteiger partial charge in [0.15, 0.2) is 0 Å². The number of carbonyl (C=O) groups excluding carboxylic acids is 1. The van der Waals surface area contributed by atoms with E-state index in [-0.39, 0.29) is 10.9 Å². The highest BCUT2D eigenvalue weighted by Gasteiger charge is 2.17. The molecule has 104 valence electrons. The number of hydrogen-bond acceptors (Lipinski definition) is 3. The minimum atomic E-state index is -0.444. The molecule has 1 aromatic heterocycles. The van der Waals surface area contributed by atoms with Gasteiger partial charge in [-0.3, -0.25) is 9.48 Å². The van der Waals surface area contributed by atoms with Crippen molar-refractivity contribution in [2.24, 2.45) is 5.73 Å². The summed E-state index contributed by atoms with van der Waals surface area (Å²) in [4.78, 5) is 12.5. The van der Waals surface area contributed by atoms with Gasteiger partial charge in [-0.1, -0.05) is 24.4 Å². The SMILES string of the molecule is CC(C(=O)Nc1ccccc1C(N)=S)n1cc(Br)cn1. The van der Waals surface area contributed by atoms with E-state index in [1.165, 1.54) is 0 Å². The number of thiocarbonyl (C=S) groups is 1. The van der Waals surface area contributed by atoms with E-state index in [0.717, 1.165) is 4.47 Å². The molecule has 2 rings (SSSR count). The van der Waals surface area contributed by atoms with E-state index in [9.17, 15) is 4.79 Å². The van der Waals surface area contributed by atoms with E-state index < -0.39 is 6.04 Å². The Hall–Kier alpha value is -1.73. The number of rotatable bonds is 4. The zero-order valence-electron chi connectivity index (χ0n) is 10.7. The molecule has 0 aliphatic rings. The first-order valence-electron chi connectivity index (χ1n) is 5.88. The van der Waals surface area contributed by atoms with Crippen LogP contribution in [0.5, 0.6) is 0 Å². The van der Waals surface area contributed by atoms with Crippen LogP contribution < -0.4 is 11.1 Å². The topological polar surface area (TPSA) is 72.9 Å². The summed E-state index contributed by atoms with van der Waals surface area (Å²) in [6.07, 6.45) is 3.37. The van der Waals surface area contributed by atoms with E-state index >= 15 is 0 Å². The Morgan fingerprint density at radius 1 is 1.50 bits per heavy atom. The van der Waals surface area contributed by atoms with Gasteiger partial charge in [0.25, 0.3) is 0 Å². The van der Waals surface area contributed by atoms with Gasteiger partial charge in [-0.25, -0.2) is 0 Å². The van der Waals surface area contributed by atoms with Crippen molar-refractivity contribution in [3.05, 3.63) is 46.7 Å². The van der Waals surface area contributed by atoms with E-state index in [0.29, 0.717) is 11.3 Å². The molecule has 0 saturated heterocycles. The summed E-state index contributed by atoms with van der Waals surface area (Å²) >= 11 is 8.27. The second-order valence-corrected chi connectivity index (χ2v) is 5.57. The number of anilines is 1. The third-order valence-electron chi connectivity index (χ3n) is 2.80. The molecule has 20 heavy (non-hydrogen) atoms. The first-order chi connectivity index (χ1) is 9.49. The van der Waals surface area contributed by atoms with Crippen LogP contribution in [0.4, 0.5) is 5.69 Å². The first-order valence-corrected chi connectivity index (χ1v) is 7.08. The van der Waals surface area contributed by atoms with E-state index in [1.54, 1.807) is 36.1 Å². The maximum Gasteiger partial charge on any atom is 0.248 e. The minimum absolute atomic E-state index is 0.190. The Morgan fingerprint density at radius 2 is 2.20 bits per heavy atom. The molecule has 0 fully saturated rings. The van der Waals surface area contributed by atoms with Crippen molar-refractivity contribution in [3.8, 4) is 0 Å². The van der Waals surface area contributed by atoms with Gasteiger partial charge in [-0.15, -0.1) is 0 Å². The lowest BCUT2D eigenvalue weighted by Crippen LogP contribution is -2.25. The van der Waals surface area contributed by atoms with Gasteiger partial charge in [-0.2, -0.15) is 5.10 Å². The molecule has 1 amide bonds. The molecule has 1 atom stereocenters. The second-order valence-electron chi connectivity index (χ2n) is 4.21. The lowest BCUT2D eigenvalue weighted by molar-refractivity contribution is -0.119. The van der Waals surface area contributed by atoms with Crippen LogP contribution in [0.25, 0.3) is 0 Å². The van der Waals surface area contributed by atoms with Crippen molar-refractivity contribution < 1.29 is 4.79 Å². The molecule has 0 saturated carbocycles. The lowest BCUT2D eigenvalue weighted by atomic mass is 10.1. The molecule has 1 heterocycles. The number of carbonyl (C=O) groups is 1. The normalized spacial score (nSPS) is 11.9. The molecule has 1 unspecified atom stereocenters. The Kier molecular flexibility index (Phi) is 4.51. The van der Waals surface area contributed by atoms with Crippen LogP contribution in [0, 0.1) is 0 Å². The molecule has 2 aromatic rings. The van der Waals surface area contributed by atoms with Gasteiger partial charge >= 0.3 is 0 Å². The number of halogens is 1. The molecular formula is C13H13BrN4OS. The number of benzene rings is 1. The van der Waals surface area contributed by atoms with Crippen LogP contribution in [0.3, 0.4) is 0 Å². The summed E-state index contributed by atoms with van der Waals surface area (Å²) in [7, 11) is 0. The maximum absolute atomic E-state index is 12.2. The van der Waals surface area contributed by atoms with Gasteiger partial charge in [0.1, 0.15) is 11.0 Å². The van der Waals surface area contributed by atoms with Crippen molar-refractivity contribution >= 4 is 44.7 Å². The number of nitrogens with two attached hydrogens (primary N) is 1. The van der Waals surface area contributed by atoms with Gasteiger partial charge in [-0.05, 0) is 35.0 Å². The zero-order valence-corrected chi connectivity index (χ0v) is 13.1. The average molecular weight is 353 g/mol. The summed E-state index contributed by atoms with van der Waals surface area (Å²) < 4.78 is 2.39. The predicted octanol–water partition coefficient (Wildman–Crippen LogP) is 2.48. The second kappa shape index (κ2) is 6.15. The zero-order chi connectivity index (χ0) is 14.7. The van der Waals surface area contributed by atoms with Gasteiger partial charge in [0.2, 0.25) is 5.91 Å². The van der Waals surface area contributed by atoms with Crippen LogP contribution in [-0.4, -0.2) is 20.7 Å². The summed E-state index contributed by atoms with van der Waals surface area (Å²) in [5.74, 6) is -0.190. The standard InChI is InChI=1S/C13H13BrN4OS/c1-8(18-7-9(14)6-16-18)13(19)17-11-5-3-2-4-10(11)12(15)20/h2-8H,1H3,(H2,15,20)(H,17,19). The molecule has 0 bridgehead atoms. The number of nitrogens with one attached hydrogen (secondary N) is 1. The van der Waals surface area contributed by atoms with Crippen LogP contribution in [0.1, 0.15) is 18.5 Å². The number of hydrogen-bond donors (Lipinski definition) is 2. The maximum atomic E-state index is 12.2. The van der Waals surface area contributed by atoms with Gasteiger partial charge in [0.05, 0.1) is 16.4 Å². The monoisotopic (exact) mass is 352 g/mol. The van der Waals surface area contributed by atoms with Crippen LogP contribution >= 0.6 is 28.1 Å². The minimum Gasteiger partial charge on any atom is -0.389 e. The van der Waals surface area contributed by atoms with Gasteiger partial charge in [0, 0.05) is 11.8 Å². The summed E-state index contributed by atoms with van der Waals surface area (Å²) in [6, 6.07) is 6.72. The van der Waals surface area contributed by atoms with E-state index in [4.69, 9.17) is 18.0 Å². The fraction of sp³-hybridized carbons (Fsp3) is 0.154. The van der Waals surface area contributed by atoms with Crippen molar-refractivity contribution in [2.75, 3.05) is 5.32 Å². The molecule has 7 heteroatoms. The first kappa shape index (κ1) is 14.7. The third kappa shape index (κ3) is 3.23. The quantitative estimate of drug-likeness (QED) is 0.829. The van der Waals surface area contributed by atoms with Gasteiger partial charge < -0.3 is 11.1 Å². The highest BCUT2D eigenvalue weighted by Crippen LogP contribution is 2.18. The molecule has 3 N–H and O–H groups in total. The smallest absolute Gasteiger partial charge is 0.248 e. The molecule has 0 aliphatic heterocycles. The van der Waals surface area contributed by atoms with E-state index in [2.05, 4.69) is 26.3 Å². The highest BCUT2D eigenvalue weighted by molar-refractivity contribution is 9.10. The summed E-state index contributed by atoms with van der Waals surface area (Å²) in [5, 5.41) is 6.91. The molecular weight excluding hydrogens is 340 g/mol. The molecule has 5 nitrogen and oxygen atoms in total. The van der Waals surface area contributed by atoms with Crippen molar-refractivity contribution in [1.82, 2.24) is 9.78 Å². The number of aromatic nitrogens is 2. The van der Waals surface area contributed by atoms with Crippen molar-refractivity contribution in [1.29, 1.82) is 0 Å². The van der Waals surface area contributed by atoms with Crippen molar-refractivity contribution in [2.45, 2.75) is 13.0 Å². The largest absolute Gasteiger partial charge is 0.389 e.